The molecule has 0 aromatic carbocycles. The third-order valence-corrected chi connectivity index (χ3v) is 3.08. The number of carbonyl (C=O) groups excluding carboxylic acids is 1. The topological polar surface area (TPSA) is 58.4 Å². The second-order valence-electron chi connectivity index (χ2n) is 4.21. The summed E-state index contributed by atoms with van der Waals surface area (Å²) in [5, 5.41) is 2.97. The third kappa shape index (κ3) is 3.66. The molecule has 0 radical (unpaired) electrons. The molecule has 1 aliphatic carbocycles. The molecule has 86 valence electrons. The highest BCUT2D eigenvalue weighted by molar-refractivity contribution is 7.80. The van der Waals surface area contributed by atoms with E-state index in [9.17, 15) is 4.79 Å². The Morgan fingerprint density at radius 1 is 1.67 bits per heavy atom. The Balaban J connectivity index is 2.33. The van der Waals surface area contributed by atoms with E-state index in [2.05, 4.69) is 5.32 Å². The van der Waals surface area contributed by atoms with Gasteiger partial charge in [-0.3, -0.25) is 0 Å². The van der Waals surface area contributed by atoms with Crippen molar-refractivity contribution >= 4 is 23.2 Å². The molecule has 2 amide bonds. The zero-order chi connectivity index (χ0) is 11.4. The van der Waals surface area contributed by atoms with Crippen LogP contribution in [0.1, 0.15) is 32.6 Å². The van der Waals surface area contributed by atoms with Crippen LogP contribution in [0.15, 0.2) is 0 Å². The molecule has 3 N–H and O–H groups in total. The fourth-order valence-corrected chi connectivity index (χ4v) is 1.70. The Kier molecular flexibility index (Phi) is 4.32. The molecular weight excluding hydrogens is 210 g/mol. The van der Waals surface area contributed by atoms with Gasteiger partial charge in [0.2, 0.25) is 0 Å². The SMILES string of the molecule is CC(CC(N)=S)N(C)C(=O)NC1CCC1. The number of carbonyl (C=O) groups is 1. The van der Waals surface area contributed by atoms with E-state index in [-0.39, 0.29) is 12.1 Å². The first-order valence-electron chi connectivity index (χ1n) is 5.32. The van der Waals surface area contributed by atoms with Gasteiger partial charge in [0.25, 0.3) is 0 Å². The average molecular weight is 229 g/mol. The summed E-state index contributed by atoms with van der Waals surface area (Å²) in [7, 11) is 1.77. The fourth-order valence-electron chi connectivity index (χ4n) is 1.46. The molecule has 0 aliphatic heterocycles. The smallest absolute Gasteiger partial charge is 0.317 e. The maximum Gasteiger partial charge on any atom is 0.317 e. The van der Waals surface area contributed by atoms with Gasteiger partial charge in [0.15, 0.2) is 0 Å². The molecule has 0 heterocycles. The van der Waals surface area contributed by atoms with Crippen molar-refractivity contribution in [2.75, 3.05) is 7.05 Å². The lowest BCUT2D eigenvalue weighted by atomic mass is 9.93. The van der Waals surface area contributed by atoms with Gasteiger partial charge in [-0.1, -0.05) is 12.2 Å². The Bertz CT molecular complexity index is 253. The number of thiocarbonyl (C=S) groups is 1. The molecule has 1 fully saturated rings. The normalized spacial score (nSPS) is 17.7. The number of hydrogen-bond acceptors (Lipinski definition) is 2. The van der Waals surface area contributed by atoms with E-state index in [0.29, 0.717) is 17.5 Å². The van der Waals surface area contributed by atoms with Gasteiger partial charge in [-0.05, 0) is 26.2 Å². The standard InChI is InChI=1S/C10H19N3OS/c1-7(6-9(11)15)13(2)10(14)12-8-4-3-5-8/h7-8H,3-6H2,1-2H3,(H2,11,15)(H,12,14). The Labute approximate surface area is 96.2 Å². The highest BCUT2D eigenvalue weighted by Gasteiger charge is 2.23. The molecule has 4 nitrogen and oxygen atoms in total. The van der Waals surface area contributed by atoms with E-state index < -0.39 is 0 Å². The summed E-state index contributed by atoms with van der Waals surface area (Å²) in [4.78, 5) is 13.8. The lowest BCUT2D eigenvalue weighted by molar-refractivity contribution is 0.184. The van der Waals surface area contributed by atoms with Gasteiger partial charge in [-0.25, -0.2) is 4.79 Å². The summed E-state index contributed by atoms with van der Waals surface area (Å²) in [5.41, 5.74) is 5.44. The lowest BCUT2D eigenvalue weighted by Crippen LogP contribution is -2.49. The molecule has 1 atom stereocenters. The van der Waals surface area contributed by atoms with E-state index in [4.69, 9.17) is 18.0 Å². The summed E-state index contributed by atoms with van der Waals surface area (Å²) < 4.78 is 0. The predicted octanol–water partition coefficient (Wildman–Crippen LogP) is 1.24. The lowest BCUT2D eigenvalue weighted by Gasteiger charge is -2.31. The van der Waals surface area contributed by atoms with Crippen molar-refractivity contribution in [3.05, 3.63) is 0 Å². The quantitative estimate of drug-likeness (QED) is 0.713. The zero-order valence-corrected chi connectivity index (χ0v) is 10.1. The van der Waals surface area contributed by atoms with Crippen molar-refractivity contribution in [1.29, 1.82) is 0 Å². The summed E-state index contributed by atoms with van der Waals surface area (Å²) >= 11 is 4.82. The van der Waals surface area contributed by atoms with Gasteiger partial charge < -0.3 is 16.0 Å². The number of nitrogens with two attached hydrogens (primary N) is 1. The highest BCUT2D eigenvalue weighted by atomic mass is 32.1. The van der Waals surface area contributed by atoms with Crippen molar-refractivity contribution in [3.63, 3.8) is 0 Å². The number of nitrogens with one attached hydrogen (secondary N) is 1. The number of hydrogen-bond donors (Lipinski definition) is 2. The number of nitrogens with zero attached hydrogens (tertiary/aromatic N) is 1. The molecule has 0 spiro atoms. The monoisotopic (exact) mass is 229 g/mol. The molecule has 1 rings (SSSR count). The van der Waals surface area contributed by atoms with Crippen molar-refractivity contribution in [1.82, 2.24) is 10.2 Å². The molecule has 1 saturated carbocycles. The maximum absolute atomic E-state index is 11.7. The van der Waals surface area contributed by atoms with Gasteiger partial charge in [0, 0.05) is 25.6 Å². The van der Waals surface area contributed by atoms with E-state index in [1.807, 2.05) is 6.92 Å². The maximum atomic E-state index is 11.7. The summed E-state index contributed by atoms with van der Waals surface area (Å²) in [6, 6.07) is 0.406. The molecule has 0 aromatic heterocycles. The van der Waals surface area contributed by atoms with Gasteiger partial charge in [0.05, 0.1) is 4.99 Å². The van der Waals surface area contributed by atoms with Gasteiger partial charge in [-0.2, -0.15) is 0 Å². The molecule has 0 saturated heterocycles. The van der Waals surface area contributed by atoms with Crippen LogP contribution in [0.5, 0.6) is 0 Å². The minimum Gasteiger partial charge on any atom is -0.393 e. The highest BCUT2D eigenvalue weighted by Crippen LogP contribution is 2.18. The van der Waals surface area contributed by atoms with Gasteiger partial charge >= 0.3 is 6.03 Å². The predicted molar refractivity (Wildman–Crippen MR) is 64.8 cm³/mol. The minimum atomic E-state index is -0.0246. The first-order valence-corrected chi connectivity index (χ1v) is 5.73. The fraction of sp³-hybridized carbons (Fsp3) is 0.800. The van der Waals surface area contributed by atoms with Crippen LogP contribution >= 0.6 is 12.2 Å². The summed E-state index contributed by atoms with van der Waals surface area (Å²) in [5.74, 6) is 0. The van der Waals surface area contributed by atoms with E-state index >= 15 is 0 Å². The van der Waals surface area contributed by atoms with Crippen molar-refractivity contribution in [2.24, 2.45) is 5.73 Å². The first-order chi connectivity index (χ1) is 7.00. The first kappa shape index (κ1) is 12.2. The van der Waals surface area contributed by atoms with Crippen LogP contribution in [0.2, 0.25) is 0 Å². The number of urea groups is 1. The van der Waals surface area contributed by atoms with Crippen LogP contribution in [-0.2, 0) is 0 Å². The summed E-state index contributed by atoms with van der Waals surface area (Å²) in [6.07, 6.45) is 3.99. The average Bonchev–Trinajstić information content (AvgIpc) is 2.08. The molecule has 0 aromatic rings. The van der Waals surface area contributed by atoms with Crippen LogP contribution in [-0.4, -0.2) is 35.1 Å². The zero-order valence-electron chi connectivity index (χ0n) is 9.32. The minimum absolute atomic E-state index is 0.0246. The van der Waals surface area contributed by atoms with E-state index in [1.165, 1.54) is 6.42 Å². The van der Waals surface area contributed by atoms with Crippen molar-refractivity contribution in [2.45, 2.75) is 44.7 Å². The Morgan fingerprint density at radius 3 is 2.67 bits per heavy atom. The van der Waals surface area contributed by atoms with E-state index in [0.717, 1.165) is 12.8 Å². The molecular formula is C10H19N3OS. The van der Waals surface area contributed by atoms with Crippen molar-refractivity contribution in [3.8, 4) is 0 Å². The number of amides is 2. The molecule has 0 bridgehead atoms. The second kappa shape index (κ2) is 5.30. The molecule has 15 heavy (non-hydrogen) atoms. The van der Waals surface area contributed by atoms with Gasteiger partial charge in [-0.15, -0.1) is 0 Å². The van der Waals surface area contributed by atoms with Crippen LogP contribution in [0.25, 0.3) is 0 Å². The van der Waals surface area contributed by atoms with Crippen LogP contribution in [0.3, 0.4) is 0 Å². The van der Waals surface area contributed by atoms with Crippen LogP contribution < -0.4 is 11.1 Å². The molecule has 1 aliphatic rings. The largest absolute Gasteiger partial charge is 0.393 e. The summed E-state index contributed by atoms with van der Waals surface area (Å²) in [6.45, 7) is 1.94. The van der Waals surface area contributed by atoms with Gasteiger partial charge in [0.1, 0.15) is 0 Å². The Morgan fingerprint density at radius 2 is 2.27 bits per heavy atom. The molecule has 1 unspecified atom stereocenters. The third-order valence-electron chi connectivity index (χ3n) is 2.91. The second-order valence-corrected chi connectivity index (χ2v) is 4.73. The van der Waals surface area contributed by atoms with Crippen LogP contribution in [0.4, 0.5) is 4.79 Å². The van der Waals surface area contributed by atoms with Crippen molar-refractivity contribution < 1.29 is 4.79 Å². The molecule has 5 heteroatoms. The number of rotatable bonds is 4. The van der Waals surface area contributed by atoms with E-state index in [1.54, 1.807) is 11.9 Å². The van der Waals surface area contributed by atoms with Crippen LogP contribution in [0, 0.1) is 0 Å². The Hall–Kier alpha value is -0.840.